The summed E-state index contributed by atoms with van der Waals surface area (Å²) >= 11 is 0. The Kier molecular flexibility index (Phi) is 3.36. The summed E-state index contributed by atoms with van der Waals surface area (Å²) in [6.45, 7) is 4.32. The lowest BCUT2D eigenvalue weighted by atomic mass is 9.92. The van der Waals surface area contributed by atoms with Crippen molar-refractivity contribution in [1.29, 1.82) is 0 Å². The third kappa shape index (κ3) is 3.30. The van der Waals surface area contributed by atoms with E-state index in [1.807, 2.05) is 0 Å². The van der Waals surface area contributed by atoms with Crippen molar-refractivity contribution in [3.8, 4) is 0 Å². The Morgan fingerprint density at radius 1 is 1.42 bits per heavy atom. The largest absolute Gasteiger partial charge is 0.433 e. The molecular weight excluding hydrogens is 255 g/mol. The van der Waals surface area contributed by atoms with Crippen LogP contribution in [0.4, 0.5) is 24.5 Å². The molecule has 2 rings (SSSR count). The molecule has 1 fully saturated rings. The van der Waals surface area contributed by atoms with Crippen LogP contribution in [-0.2, 0) is 6.18 Å². The summed E-state index contributed by atoms with van der Waals surface area (Å²) < 4.78 is 37.8. The molecular formula is C13H18F3N3. The highest BCUT2D eigenvalue weighted by molar-refractivity contribution is 5.65. The van der Waals surface area contributed by atoms with Crippen LogP contribution < -0.4 is 11.1 Å². The van der Waals surface area contributed by atoms with Gasteiger partial charge in [-0.1, -0.05) is 13.8 Å². The molecule has 19 heavy (non-hydrogen) atoms. The summed E-state index contributed by atoms with van der Waals surface area (Å²) in [6.07, 6.45) is -0.460. The van der Waals surface area contributed by atoms with E-state index in [4.69, 9.17) is 5.73 Å². The highest BCUT2D eigenvalue weighted by atomic mass is 19.4. The maximum Gasteiger partial charge on any atom is 0.433 e. The van der Waals surface area contributed by atoms with Gasteiger partial charge in [0.25, 0.3) is 0 Å². The van der Waals surface area contributed by atoms with Crippen LogP contribution in [0.1, 0.15) is 38.8 Å². The standard InChI is InChI=1S/C13H18F3N3/c1-12(2)4-3-8(6-12)19-10-5-11(13(14,15)16)18-7-9(10)17/h5,7-8H,3-4,6,17H2,1-2H3,(H,18,19). The molecule has 3 nitrogen and oxygen atoms in total. The van der Waals surface area contributed by atoms with Crippen LogP contribution in [0.25, 0.3) is 0 Å². The zero-order valence-electron chi connectivity index (χ0n) is 11.0. The van der Waals surface area contributed by atoms with Crippen LogP contribution in [0.3, 0.4) is 0 Å². The average molecular weight is 273 g/mol. The topological polar surface area (TPSA) is 50.9 Å². The van der Waals surface area contributed by atoms with Crippen molar-refractivity contribution >= 4 is 11.4 Å². The number of anilines is 2. The van der Waals surface area contributed by atoms with E-state index in [-0.39, 0.29) is 17.1 Å². The second kappa shape index (κ2) is 4.58. The summed E-state index contributed by atoms with van der Waals surface area (Å²) in [6, 6.07) is 1.15. The number of aromatic nitrogens is 1. The van der Waals surface area contributed by atoms with Crippen LogP contribution in [0.15, 0.2) is 12.3 Å². The number of alkyl halides is 3. The van der Waals surface area contributed by atoms with Gasteiger partial charge >= 0.3 is 6.18 Å². The molecule has 0 bridgehead atoms. The van der Waals surface area contributed by atoms with Crippen LogP contribution in [0.2, 0.25) is 0 Å². The third-order valence-corrected chi connectivity index (χ3v) is 3.55. The minimum Gasteiger partial charge on any atom is -0.396 e. The summed E-state index contributed by atoms with van der Waals surface area (Å²) in [4.78, 5) is 3.32. The van der Waals surface area contributed by atoms with Crippen molar-refractivity contribution in [2.45, 2.75) is 45.3 Å². The van der Waals surface area contributed by atoms with Crippen LogP contribution in [0, 0.1) is 5.41 Å². The van der Waals surface area contributed by atoms with Gasteiger partial charge in [0, 0.05) is 6.04 Å². The van der Waals surface area contributed by atoms with E-state index in [0.29, 0.717) is 5.69 Å². The second-order valence-corrected chi connectivity index (χ2v) is 5.90. The Morgan fingerprint density at radius 2 is 2.11 bits per heavy atom. The molecule has 1 saturated carbocycles. The number of nitrogens with one attached hydrogen (secondary N) is 1. The van der Waals surface area contributed by atoms with Crippen molar-refractivity contribution in [1.82, 2.24) is 4.98 Å². The molecule has 0 aliphatic heterocycles. The summed E-state index contributed by atoms with van der Waals surface area (Å²) in [5.41, 5.74) is 5.57. The monoisotopic (exact) mass is 273 g/mol. The lowest BCUT2D eigenvalue weighted by Crippen LogP contribution is -2.19. The second-order valence-electron chi connectivity index (χ2n) is 5.90. The lowest BCUT2D eigenvalue weighted by molar-refractivity contribution is -0.141. The minimum absolute atomic E-state index is 0.167. The minimum atomic E-state index is -4.45. The zero-order valence-corrected chi connectivity index (χ0v) is 11.0. The van der Waals surface area contributed by atoms with Crippen molar-refractivity contribution in [3.05, 3.63) is 18.0 Å². The van der Waals surface area contributed by atoms with Gasteiger partial charge in [-0.25, -0.2) is 4.98 Å². The number of hydrogen-bond acceptors (Lipinski definition) is 3. The molecule has 1 unspecified atom stereocenters. The predicted molar refractivity (Wildman–Crippen MR) is 68.7 cm³/mol. The van der Waals surface area contributed by atoms with Gasteiger partial charge in [-0.2, -0.15) is 13.2 Å². The SMILES string of the molecule is CC1(C)CCC(Nc2cc(C(F)(F)F)ncc2N)C1. The number of nitrogens with two attached hydrogens (primary N) is 1. The first kappa shape index (κ1) is 14.0. The summed E-state index contributed by atoms with van der Waals surface area (Å²) in [5, 5.41) is 3.11. The zero-order chi connectivity index (χ0) is 14.3. The van der Waals surface area contributed by atoms with Gasteiger partial charge in [-0.15, -0.1) is 0 Å². The quantitative estimate of drug-likeness (QED) is 0.864. The van der Waals surface area contributed by atoms with Crippen molar-refractivity contribution in [3.63, 3.8) is 0 Å². The van der Waals surface area contributed by atoms with E-state index >= 15 is 0 Å². The number of rotatable bonds is 2. The molecule has 6 heteroatoms. The molecule has 0 saturated heterocycles. The number of nitrogens with zero attached hydrogens (tertiary/aromatic N) is 1. The Bertz CT molecular complexity index is 469. The van der Waals surface area contributed by atoms with E-state index in [0.717, 1.165) is 31.5 Å². The Hall–Kier alpha value is -1.46. The lowest BCUT2D eigenvalue weighted by Gasteiger charge is -2.20. The predicted octanol–water partition coefficient (Wildman–Crippen LogP) is 3.67. The van der Waals surface area contributed by atoms with Gasteiger partial charge in [-0.3, -0.25) is 0 Å². The van der Waals surface area contributed by atoms with Crippen molar-refractivity contribution in [2.75, 3.05) is 11.1 Å². The molecule has 1 aliphatic carbocycles. The van der Waals surface area contributed by atoms with Crippen LogP contribution in [-0.4, -0.2) is 11.0 Å². The Morgan fingerprint density at radius 3 is 2.63 bits per heavy atom. The highest BCUT2D eigenvalue weighted by Gasteiger charge is 2.34. The van der Waals surface area contributed by atoms with Gasteiger partial charge in [0.1, 0.15) is 5.69 Å². The molecule has 106 valence electrons. The molecule has 0 spiro atoms. The maximum atomic E-state index is 12.6. The first-order chi connectivity index (χ1) is 8.67. The van der Waals surface area contributed by atoms with E-state index in [1.165, 1.54) is 0 Å². The van der Waals surface area contributed by atoms with Gasteiger partial charge in [0.05, 0.1) is 17.6 Å². The number of halogens is 3. The number of pyridine rings is 1. The van der Waals surface area contributed by atoms with Gasteiger partial charge < -0.3 is 11.1 Å². The smallest absolute Gasteiger partial charge is 0.396 e. The fourth-order valence-electron chi connectivity index (χ4n) is 2.53. The average Bonchev–Trinajstić information content (AvgIpc) is 2.60. The summed E-state index contributed by atoms with van der Waals surface area (Å²) in [5.74, 6) is 0. The van der Waals surface area contributed by atoms with Gasteiger partial charge in [0.15, 0.2) is 0 Å². The Balaban J connectivity index is 2.16. The fourth-order valence-corrected chi connectivity index (χ4v) is 2.53. The van der Waals surface area contributed by atoms with E-state index in [1.54, 1.807) is 0 Å². The van der Waals surface area contributed by atoms with Crippen molar-refractivity contribution < 1.29 is 13.2 Å². The normalized spacial score (nSPS) is 22.5. The van der Waals surface area contributed by atoms with Crippen molar-refractivity contribution in [2.24, 2.45) is 5.41 Å². The van der Waals surface area contributed by atoms with E-state index < -0.39 is 11.9 Å². The molecule has 1 aliphatic rings. The first-order valence-electron chi connectivity index (χ1n) is 6.27. The number of nitrogen functional groups attached to an aromatic ring is 1. The molecule has 3 N–H and O–H groups in total. The van der Waals surface area contributed by atoms with E-state index in [2.05, 4.69) is 24.1 Å². The maximum absolute atomic E-state index is 12.6. The van der Waals surface area contributed by atoms with Gasteiger partial charge in [-0.05, 0) is 30.7 Å². The molecule has 1 aromatic heterocycles. The Labute approximate surface area is 110 Å². The fraction of sp³-hybridized carbons (Fsp3) is 0.615. The highest BCUT2D eigenvalue weighted by Crippen LogP contribution is 2.39. The summed E-state index contributed by atoms with van der Waals surface area (Å²) in [7, 11) is 0. The number of hydrogen-bond donors (Lipinski definition) is 2. The molecule has 0 amide bonds. The van der Waals surface area contributed by atoms with Gasteiger partial charge in [0.2, 0.25) is 0 Å². The molecule has 1 atom stereocenters. The first-order valence-corrected chi connectivity index (χ1v) is 6.27. The molecule has 0 radical (unpaired) electrons. The van der Waals surface area contributed by atoms with Crippen LogP contribution >= 0.6 is 0 Å². The van der Waals surface area contributed by atoms with Crippen LogP contribution in [0.5, 0.6) is 0 Å². The molecule has 0 aromatic carbocycles. The third-order valence-electron chi connectivity index (χ3n) is 3.55. The molecule has 1 aromatic rings. The molecule has 1 heterocycles. The van der Waals surface area contributed by atoms with E-state index in [9.17, 15) is 13.2 Å².